The summed E-state index contributed by atoms with van der Waals surface area (Å²) in [5.74, 6) is 0. The number of azo groups is 1. The summed E-state index contributed by atoms with van der Waals surface area (Å²) in [6, 6.07) is 6.32. The molecule has 0 N–H and O–H groups in total. The molecular formula is C25H41N4O3S+. The van der Waals surface area contributed by atoms with Crippen LogP contribution in [0.1, 0.15) is 46.1 Å². The first-order valence-corrected chi connectivity index (χ1v) is 13.0. The van der Waals surface area contributed by atoms with Crippen molar-refractivity contribution < 1.29 is 18.8 Å². The summed E-state index contributed by atoms with van der Waals surface area (Å²) in [6.07, 6.45) is 4.20. The molecule has 1 heterocycles. The molecule has 0 spiro atoms. The fraction of sp³-hybridized carbons (Fsp3) is 0.640. The molecule has 1 aromatic heterocycles. The van der Waals surface area contributed by atoms with E-state index in [1.54, 1.807) is 11.3 Å². The number of thiazole rings is 1. The zero-order valence-corrected chi connectivity index (χ0v) is 21.8. The summed E-state index contributed by atoms with van der Waals surface area (Å²) in [6.45, 7) is 16.5. The van der Waals surface area contributed by atoms with Gasteiger partial charge in [0.1, 0.15) is 11.9 Å². The number of hydrogen-bond acceptors (Lipinski definition) is 7. The second-order valence-electron chi connectivity index (χ2n) is 8.00. The number of aromatic nitrogens is 1. The maximum Gasteiger partial charge on any atom is 0.408 e. The summed E-state index contributed by atoms with van der Waals surface area (Å²) >= 11 is 1.60. The maximum absolute atomic E-state index is 5.89. The van der Waals surface area contributed by atoms with E-state index in [4.69, 9.17) is 14.2 Å². The number of ether oxygens (including phenoxy) is 3. The zero-order chi connectivity index (χ0) is 23.9. The van der Waals surface area contributed by atoms with Crippen LogP contribution in [-0.2, 0) is 20.8 Å². The van der Waals surface area contributed by atoms with Gasteiger partial charge in [0, 0.05) is 37.4 Å². The Bertz CT molecular complexity index is 828. The Morgan fingerprint density at radius 2 is 1.76 bits per heavy atom. The first-order chi connectivity index (χ1) is 16.1. The Hall–Kier alpha value is -1.87. The Morgan fingerprint density at radius 3 is 2.45 bits per heavy atom. The van der Waals surface area contributed by atoms with Crippen LogP contribution in [0.25, 0.3) is 0 Å². The monoisotopic (exact) mass is 477 g/mol. The average Bonchev–Trinajstić information content (AvgIpc) is 3.28. The lowest BCUT2D eigenvalue weighted by atomic mass is 10.1. The maximum atomic E-state index is 5.89. The van der Waals surface area contributed by atoms with Gasteiger partial charge in [-0.05, 0) is 73.8 Å². The Labute approximate surface area is 203 Å². The first-order valence-electron chi connectivity index (χ1n) is 12.1. The predicted octanol–water partition coefficient (Wildman–Crippen LogP) is 5.84. The van der Waals surface area contributed by atoms with E-state index in [0.717, 1.165) is 67.8 Å². The predicted molar refractivity (Wildman–Crippen MR) is 135 cm³/mol. The van der Waals surface area contributed by atoms with Gasteiger partial charge in [0.2, 0.25) is 0 Å². The van der Waals surface area contributed by atoms with Gasteiger partial charge in [-0.15, -0.1) is 0 Å². The lowest BCUT2D eigenvalue weighted by Gasteiger charge is -2.25. The van der Waals surface area contributed by atoms with Crippen molar-refractivity contribution in [2.24, 2.45) is 10.2 Å². The molecule has 0 aliphatic heterocycles. The van der Waals surface area contributed by atoms with Crippen molar-refractivity contribution in [1.82, 2.24) is 0 Å². The van der Waals surface area contributed by atoms with Crippen molar-refractivity contribution in [3.63, 3.8) is 0 Å². The molecule has 1 unspecified atom stereocenters. The number of aryl methyl sites for hydroxylation is 2. The molecule has 0 fully saturated rings. The van der Waals surface area contributed by atoms with Crippen molar-refractivity contribution in [3.05, 3.63) is 35.3 Å². The van der Waals surface area contributed by atoms with Crippen LogP contribution in [0.2, 0.25) is 0 Å². The van der Waals surface area contributed by atoms with Crippen LogP contribution in [-0.4, -0.2) is 52.2 Å². The Morgan fingerprint density at radius 1 is 1.00 bits per heavy atom. The zero-order valence-electron chi connectivity index (χ0n) is 21.0. The van der Waals surface area contributed by atoms with Crippen molar-refractivity contribution in [2.75, 3.05) is 51.0 Å². The number of rotatable bonds is 17. The minimum Gasteiger partial charge on any atom is -0.380 e. The van der Waals surface area contributed by atoms with Gasteiger partial charge in [-0.25, -0.2) is 4.57 Å². The number of benzene rings is 1. The molecule has 0 radical (unpaired) electrons. The van der Waals surface area contributed by atoms with E-state index in [1.807, 2.05) is 17.6 Å². The fourth-order valence-electron chi connectivity index (χ4n) is 3.25. The topological polar surface area (TPSA) is 59.5 Å². The quantitative estimate of drug-likeness (QED) is 0.163. The molecule has 184 valence electrons. The van der Waals surface area contributed by atoms with Gasteiger partial charge in [-0.2, -0.15) is 0 Å². The molecule has 33 heavy (non-hydrogen) atoms. The average molecular weight is 478 g/mol. The summed E-state index contributed by atoms with van der Waals surface area (Å²) in [4.78, 5) is 2.31. The third-order valence-corrected chi connectivity index (χ3v) is 5.89. The molecule has 1 atom stereocenters. The number of hydrogen-bond donors (Lipinski definition) is 0. The van der Waals surface area contributed by atoms with Gasteiger partial charge in [0.25, 0.3) is 0 Å². The van der Waals surface area contributed by atoms with Crippen molar-refractivity contribution in [2.45, 2.75) is 60.1 Å². The van der Waals surface area contributed by atoms with Crippen LogP contribution in [0.15, 0.2) is 40.0 Å². The standard InChI is InChI=1S/C25H41N4O3S/c1-6-14-30-16-11-29(12-17-31-20-22(5)32-15-7-2)23-9-10-24(21(4)19-23)26-27-25-28(8-3)13-18-33-25/h9-10,13,18-19,22H,6-8,11-12,14-17,20H2,1-5H3/q+1. The molecule has 0 saturated carbocycles. The second kappa shape index (κ2) is 15.9. The third kappa shape index (κ3) is 9.88. The third-order valence-electron chi connectivity index (χ3n) is 5.11. The summed E-state index contributed by atoms with van der Waals surface area (Å²) in [5.41, 5.74) is 3.12. The highest BCUT2D eigenvalue weighted by Crippen LogP contribution is 2.27. The van der Waals surface area contributed by atoms with E-state index in [0.29, 0.717) is 19.8 Å². The molecule has 0 amide bonds. The summed E-state index contributed by atoms with van der Waals surface area (Å²) < 4.78 is 19.4. The van der Waals surface area contributed by atoms with Crippen molar-refractivity contribution >= 4 is 27.8 Å². The largest absolute Gasteiger partial charge is 0.408 e. The lowest BCUT2D eigenvalue weighted by molar-refractivity contribution is -0.676. The highest BCUT2D eigenvalue weighted by molar-refractivity contribution is 7.12. The first kappa shape index (κ1) is 27.4. The normalized spacial score (nSPS) is 12.5. The van der Waals surface area contributed by atoms with Gasteiger partial charge < -0.3 is 19.1 Å². The number of anilines is 1. The van der Waals surface area contributed by atoms with Crippen molar-refractivity contribution in [3.8, 4) is 0 Å². The van der Waals surface area contributed by atoms with Crippen LogP contribution >= 0.6 is 11.3 Å². The van der Waals surface area contributed by atoms with Crippen molar-refractivity contribution in [1.29, 1.82) is 0 Å². The van der Waals surface area contributed by atoms with Gasteiger partial charge >= 0.3 is 5.13 Å². The number of nitrogens with zero attached hydrogens (tertiary/aromatic N) is 4. The Balaban J connectivity index is 2.00. The molecule has 0 aliphatic rings. The SMILES string of the molecule is CCCOCCN(CCOCC(C)OCCC)c1ccc(N=Nc2scc[n+]2CC)c(C)c1. The van der Waals surface area contributed by atoms with Gasteiger partial charge in [0.05, 0.1) is 37.6 Å². The minimum absolute atomic E-state index is 0.118. The molecule has 0 aliphatic carbocycles. The van der Waals surface area contributed by atoms with E-state index in [1.165, 1.54) is 0 Å². The van der Waals surface area contributed by atoms with Crippen LogP contribution in [0.5, 0.6) is 0 Å². The van der Waals surface area contributed by atoms with Crippen LogP contribution in [0.3, 0.4) is 0 Å². The lowest BCUT2D eigenvalue weighted by Crippen LogP contribution is -2.32. The van der Waals surface area contributed by atoms with E-state index < -0.39 is 0 Å². The van der Waals surface area contributed by atoms with Crippen LogP contribution in [0.4, 0.5) is 16.5 Å². The highest BCUT2D eigenvalue weighted by atomic mass is 32.1. The fourth-order valence-corrected chi connectivity index (χ4v) is 3.99. The van der Waals surface area contributed by atoms with E-state index in [-0.39, 0.29) is 6.10 Å². The van der Waals surface area contributed by atoms with Gasteiger partial charge in [-0.1, -0.05) is 13.8 Å². The molecular weight excluding hydrogens is 436 g/mol. The Kier molecular flexibility index (Phi) is 13.2. The van der Waals surface area contributed by atoms with E-state index in [2.05, 4.69) is 66.4 Å². The minimum atomic E-state index is 0.118. The molecule has 8 heteroatoms. The molecule has 2 aromatic rings. The smallest absolute Gasteiger partial charge is 0.380 e. The highest BCUT2D eigenvalue weighted by Gasteiger charge is 2.13. The molecule has 0 saturated heterocycles. The second-order valence-corrected chi connectivity index (χ2v) is 8.87. The van der Waals surface area contributed by atoms with Gasteiger partial charge in [0.15, 0.2) is 0 Å². The van der Waals surface area contributed by atoms with Crippen LogP contribution in [0, 0.1) is 6.92 Å². The summed E-state index contributed by atoms with van der Waals surface area (Å²) in [5, 5.41) is 11.9. The van der Waals surface area contributed by atoms with Crippen LogP contribution < -0.4 is 9.47 Å². The summed E-state index contributed by atoms with van der Waals surface area (Å²) in [7, 11) is 0. The van der Waals surface area contributed by atoms with Gasteiger partial charge in [-0.3, -0.25) is 0 Å². The molecule has 0 bridgehead atoms. The van der Waals surface area contributed by atoms with E-state index in [9.17, 15) is 0 Å². The molecule has 1 aromatic carbocycles. The van der Waals surface area contributed by atoms with E-state index >= 15 is 0 Å². The molecule has 2 rings (SSSR count). The molecule has 7 nitrogen and oxygen atoms in total.